The van der Waals surface area contributed by atoms with Crippen molar-refractivity contribution in [2.75, 3.05) is 29.9 Å². The van der Waals surface area contributed by atoms with Gasteiger partial charge in [0.15, 0.2) is 0 Å². The molecule has 0 radical (unpaired) electrons. The molecule has 19 heavy (non-hydrogen) atoms. The van der Waals surface area contributed by atoms with Crippen molar-refractivity contribution in [1.82, 2.24) is 0 Å². The highest BCUT2D eigenvalue weighted by molar-refractivity contribution is 5.77. The number of aliphatic hydroxyl groups excluding tert-OH is 2. The molecule has 0 amide bonds. The first-order valence-electron chi connectivity index (χ1n) is 6.17. The molecule has 1 aromatic rings. The molecule has 0 bridgehead atoms. The fourth-order valence-corrected chi connectivity index (χ4v) is 2.28. The van der Waals surface area contributed by atoms with Crippen molar-refractivity contribution >= 4 is 17.1 Å². The van der Waals surface area contributed by atoms with Crippen LogP contribution in [0, 0.1) is 10.1 Å². The summed E-state index contributed by atoms with van der Waals surface area (Å²) >= 11 is 0. The number of hydrogen-bond acceptors (Lipinski definition) is 6. The molecule has 7 nitrogen and oxygen atoms in total. The first kappa shape index (κ1) is 13.6. The van der Waals surface area contributed by atoms with Gasteiger partial charge in [-0.3, -0.25) is 10.1 Å². The number of nitro benzene ring substituents is 1. The molecule has 104 valence electrons. The van der Waals surface area contributed by atoms with Gasteiger partial charge in [0, 0.05) is 19.6 Å². The third-order valence-corrected chi connectivity index (χ3v) is 3.16. The number of aliphatic hydroxyl groups is 2. The van der Waals surface area contributed by atoms with Gasteiger partial charge in [-0.05, 0) is 19.1 Å². The summed E-state index contributed by atoms with van der Waals surface area (Å²) < 4.78 is 0. The van der Waals surface area contributed by atoms with Gasteiger partial charge in [0.1, 0.15) is 11.4 Å². The number of β-amino-alcohol motifs (C(OH)–C–C–N with tert-alkyl or cyclic N) is 2. The summed E-state index contributed by atoms with van der Waals surface area (Å²) in [5, 5.41) is 33.3. The minimum atomic E-state index is -0.873. The quantitative estimate of drug-likeness (QED) is 0.545. The Morgan fingerprint density at radius 1 is 1.42 bits per heavy atom. The second-order valence-electron chi connectivity index (χ2n) is 4.50. The second kappa shape index (κ2) is 5.41. The third-order valence-electron chi connectivity index (χ3n) is 3.16. The number of rotatable bonds is 4. The van der Waals surface area contributed by atoms with E-state index in [-0.39, 0.29) is 18.8 Å². The van der Waals surface area contributed by atoms with E-state index >= 15 is 0 Å². The summed E-state index contributed by atoms with van der Waals surface area (Å²) in [4.78, 5) is 12.4. The van der Waals surface area contributed by atoms with Crippen LogP contribution in [-0.2, 0) is 0 Å². The third kappa shape index (κ3) is 2.61. The summed E-state index contributed by atoms with van der Waals surface area (Å²) in [6.07, 6.45) is -1.75. The SMILES string of the molecule is CCNc1cccc(N2CC(O)C(O)C2)c1[N+](=O)[O-]. The van der Waals surface area contributed by atoms with Crippen LogP contribution in [0.1, 0.15) is 6.92 Å². The van der Waals surface area contributed by atoms with Crippen molar-refractivity contribution in [3.05, 3.63) is 28.3 Å². The number of benzene rings is 1. The first-order valence-corrected chi connectivity index (χ1v) is 6.17. The van der Waals surface area contributed by atoms with E-state index < -0.39 is 17.1 Å². The topological polar surface area (TPSA) is 98.9 Å². The molecule has 0 spiro atoms. The van der Waals surface area contributed by atoms with Crippen molar-refractivity contribution in [2.24, 2.45) is 0 Å². The van der Waals surface area contributed by atoms with E-state index in [0.29, 0.717) is 17.9 Å². The molecule has 1 fully saturated rings. The van der Waals surface area contributed by atoms with Crippen LogP contribution in [0.15, 0.2) is 18.2 Å². The van der Waals surface area contributed by atoms with Gasteiger partial charge in [0.2, 0.25) is 0 Å². The van der Waals surface area contributed by atoms with Crippen molar-refractivity contribution in [2.45, 2.75) is 19.1 Å². The average Bonchev–Trinajstić information content (AvgIpc) is 2.69. The van der Waals surface area contributed by atoms with Gasteiger partial charge in [0.05, 0.1) is 17.1 Å². The molecule has 1 saturated heterocycles. The monoisotopic (exact) mass is 267 g/mol. The lowest BCUT2D eigenvalue weighted by Gasteiger charge is -2.19. The largest absolute Gasteiger partial charge is 0.389 e. The Kier molecular flexibility index (Phi) is 3.87. The lowest BCUT2D eigenvalue weighted by Crippen LogP contribution is -2.22. The van der Waals surface area contributed by atoms with E-state index in [2.05, 4.69) is 5.32 Å². The fraction of sp³-hybridized carbons (Fsp3) is 0.500. The van der Waals surface area contributed by atoms with Crippen molar-refractivity contribution in [3.8, 4) is 0 Å². The normalized spacial score (nSPS) is 22.6. The molecular formula is C12H17N3O4. The molecule has 1 heterocycles. The van der Waals surface area contributed by atoms with Crippen LogP contribution in [0.4, 0.5) is 17.1 Å². The van der Waals surface area contributed by atoms with E-state index in [0.717, 1.165) is 0 Å². The van der Waals surface area contributed by atoms with E-state index in [1.54, 1.807) is 23.1 Å². The lowest BCUT2D eigenvalue weighted by atomic mass is 10.2. The van der Waals surface area contributed by atoms with Crippen molar-refractivity contribution < 1.29 is 15.1 Å². The van der Waals surface area contributed by atoms with E-state index in [9.17, 15) is 20.3 Å². The van der Waals surface area contributed by atoms with Gasteiger partial charge in [-0.15, -0.1) is 0 Å². The van der Waals surface area contributed by atoms with Crippen LogP contribution in [0.3, 0.4) is 0 Å². The zero-order valence-electron chi connectivity index (χ0n) is 10.6. The van der Waals surface area contributed by atoms with Gasteiger partial charge in [-0.25, -0.2) is 0 Å². The Morgan fingerprint density at radius 2 is 2.05 bits per heavy atom. The maximum atomic E-state index is 11.3. The number of anilines is 2. The lowest BCUT2D eigenvalue weighted by molar-refractivity contribution is -0.383. The van der Waals surface area contributed by atoms with Crippen LogP contribution in [0.5, 0.6) is 0 Å². The number of nitrogens with one attached hydrogen (secondary N) is 1. The molecule has 1 aromatic carbocycles. The Labute approximate surface area is 110 Å². The van der Waals surface area contributed by atoms with Gasteiger partial charge >= 0.3 is 5.69 Å². The maximum Gasteiger partial charge on any atom is 0.315 e. The van der Waals surface area contributed by atoms with E-state index in [1.807, 2.05) is 6.92 Å². The van der Waals surface area contributed by atoms with Crippen LogP contribution >= 0.6 is 0 Å². The Balaban J connectivity index is 2.40. The molecule has 2 rings (SSSR count). The standard InChI is InChI=1S/C12H17N3O4/c1-2-13-8-4-3-5-9(12(8)15(18)19)14-6-10(16)11(17)7-14/h3-5,10-11,13,16-17H,2,6-7H2,1H3. The predicted octanol–water partition coefficient (Wildman–Crippen LogP) is 0.568. The summed E-state index contributed by atoms with van der Waals surface area (Å²) in [5.41, 5.74) is 0.838. The van der Waals surface area contributed by atoms with Crippen LogP contribution in [0.25, 0.3) is 0 Å². The summed E-state index contributed by atoms with van der Waals surface area (Å²) in [6.45, 7) is 2.82. The van der Waals surface area contributed by atoms with Crippen LogP contribution < -0.4 is 10.2 Å². The molecule has 1 aliphatic heterocycles. The molecule has 3 N–H and O–H groups in total. The van der Waals surface area contributed by atoms with Gasteiger partial charge in [-0.1, -0.05) is 6.07 Å². The molecule has 2 unspecified atom stereocenters. The average molecular weight is 267 g/mol. The summed E-state index contributed by atoms with van der Waals surface area (Å²) in [5.74, 6) is 0. The molecular weight excluding hydrogens is 250 g/mol. The minimum Gasteiger partial charge on any atom is -0.389 e. The van der Waals surface area contributed by atoms with Crippen LogP contribution in [-0.4, -0.2) is 47.0 Å². The number of nitro groups is 1. The number of hydrogen-bond donors (Lipinski definition) is 3. The van der Waals surface area contributed by atoms with Crippen molar-refractivity contribution in [1.29, 1.82) is 0 Å². The Hall–Kier alpha value is -1.86. The molecule has 0 aliphatic carbocycles. The zero-order valence-corrected chi connectivity index (χ0v) is 10.6. The summed E-state index contributed by atoms with van der Waals surface area (Å²) in [7, 11) is 0. The fourth-order valence-electron chi connectivity index (χ4n) is 2.28. The highest BCUT2D eigenvalue weighted by Crippen LogP contribution is 2.36. The Morgan fingerprint density at radius 3 is 2.58 bits per heavy atom. The van der Waals surface area contributed by atoms with E-state index in [1.165, 1.54) is 0 Å². The smallest absolute Gasteiger partial charge is 0.315 e. The molecule has 1 aliphatic rings. The van der Waals surface area contributed by atoms with Gasteiger partial charge in [0.25, 0.3) is 0 Å². The van der Waals surface area contributed by atoms with E-state index in [4.69, 9.17) is 0 Å². The Bertz CT molecular complexity index is 470. The van der Waals surface area contributed by atoms with Crippen molar-refractivity contribution in [3.63, 3.8) is 0 Å². The molecule has 0 saturated carbocycles. The van der Waals surface area contributed by atoms with Gasteiger partial charge in [-0.2, -0.15) is 0 Å². The van der Waals surface area contributed by atoms with Gasteiger partial charge < -0.3 is 20.4 Å². The minimum absolute atomic E-state index is 0.0225. The highest BCUT2D eigenvalue weighted by Gasteiger charge is 2.33. The second-order valence-corrected chi connectivity index (χ2v) is 4.50. The first-order chi connectivity index (χ1) is 9.04. The molecule has 7 heteroatoms. The number of nitrogens with zero attached hydrogens (tertiary/aromatic N) is 2. The zero-order chi connectivity index (χ0) is 14.0. The number of para-hydroxylation sites is 1. The predicted molar refractivity (Wildman–Crippen MR) is 71.5 cm³/mol. The molecule has 0 aromatic heterocycles. The molecule has 2 atom stereocenters. The highest BCUT2D eigenvalue weighted by atomic mass is 16.6. The maximum absolute atomic E-state index is 11.3. The summed E-state index contributed by atoms with van der Waals surface area (Å²) in [6, 6.07) is 5.00. The van der Waals surface area contributed by atoms with Crippen LogP contribution in [0.2, 0.25) is 0 Å².